The first-order chi connectivity index (χ1) is 16.0. The van der Waals surface area contributed by atoms with E-state index in [0.29, 0.717) is 25.2 Å². The van der Waals surface area contributed by atoms with Crippen LogP contribution in [0.3, 0.4) is 0 Å². The Morgan fingerprint density at radius 1 is 1.03 bits per heavy atom. The van der Waals surface area contributed by atoms with E-state index in [2.05, 4.69) is 21.3 Å². The van der Waals surface area contributed by atoms with Crippen LogP contribution in [-0.4, -0.2) is 84.9 Å². The number of nitrogens with one attached hydrogen (secondary N) is 3. The van der Waals surface area contributed by atoms with Crippen LogP contribution in [0.15, 0.2) is 30.3 Å². The second kappa shape index (κ2) is 10.7. The van der Waals surface area contributed by atoms with Crippen LogP contribution in [0.25, 0.3) is 0 Å². The summed E-state index contributed by atoms with van der Waals surface area (Å²) in [5.41, 5.74) is 0.666. The van der Waals surface area contributed by atoms with Gasteiger partial charge in [-0.3, -0.25) is 14.4 Å². The molecule has 4 rings (SSSR count). The molecule has 3 saturated heterocycles. The number of piperazine rings is 1. The average Bonchev–Trinajstić information content (AvgIpc) is 2.85. The summed E-state index contributed by atoms with van der Waals surface area (Å²) >= 11 is 0. The van der Waals surface area contributed by atoms with Gasteiger partial charge in [-0.15, -0.1) is 0 Å². The molecule has 3 aliphatic rings. The third-order valence-corrected chi connectivity index (χ3v) is 6.67. The van der Waals surface area contributed by atoms with Gasteiger partial charge in [0.05, 0.1) is 19.6 Å². The normalized spacial score (nSPS) is 24.1. The SMILES string of the molecule is O=C1NCCC[C@@H]1NC(=O)[C@H]1CN(C(=O)Nc2ccccc2)CCN1C(=O)C1CC[NH2+]CC1. The van der Waals surface area contributed by atoms with Gasteiger partial charge in [-0.05, 0) is 25.0 Å². The molecule has 33 heavy (non-hydrogen) atoms. The fourth-order valence-electron chi connectivity index (χ4n) is 4.77. The number of benzene rings is 1. The number of piperidine rings is 2. The van der Waals surface area contributed by atoms with Crippen molar-refractivity contribution in [3.05, 3.63) is 30.3 Å². The van der Waals surface area contributed by atoms with Crippen LogP contribution in [0.2, 0.25) is 0 Å². The first-order valence-electron chi connectivity index (χ1n) is 11.8. The number of para-hydroxylation sites is 1. The zero-order valence-electron chi connectivity index (χ0n) is 18.8. The van der Waals surface area contributed by atoms with Gasteiger partial charge in [0.15, 0.2) is 0 Å². The van der Waals surface area contributed by atoms with Crippen molar-refractivity contribution >= 4 is 29.4 Å². The quantitative estimate of drug-likeness (QED) is 0.467. The highest BCUT2D eigenvalue weighted by molar-refractivity contribution is 5.94. The van der Waals surface area contributed by atoms with E-state index in [1.807, 2.05) is 18.2 Å². The fourth-order valence-corrected chi connectivity index (χ4v) is 4.77. The van der Waals surface area contributed by atoms with E-state index < -0.39 is 12.1 Å². The van der Waals surface area contributed by atoms with Crippen LogP contribution >= 0.6 is 0 Å². The van der Waals surface area contributed by atoms with Gasteiger partial charge in [0.2, 0.25) is 17.7 Å². The lowest BCUT2D eigenvalue weighted by Crippen LogP contribution is -2.86. The second-order valence-electron chi connectivity index (χ2n) is 8.92. The van der Waals surface area contributed by atoms with Crippen molar-refractivity contribution in [1.82, 2.24) is 20.4 Å². The van der Waals surface area contributed by atoms with Crippen molar-refractivity contribution in [3.8, 4) is 0 Å². The predicted molar refractivity (Wildman–Crippen MR) is 121 cm³/mol. The molecular weight excluding hydrogens is 424 g/mol. The number of urea groups is 1. The first kappa shape index (κ1) is 23.0. The molecular formula is C23H33N6O4+. The number of rotatable bonds is 4. The van der Waals surface area contributed by atoms with Gasteiger partial charge in [-0.25, -0.2) is 4.79 Å². The molecule has 0 bridgehead atoms. The zero-order valence-corrected chi connectivity index (χ0v) is 18.8. The number of amides is 5. The molecule has 10 heteroatoms. The number of hydrogen-bond donors (Lipinski definition) is 4. The minimum Gasteiger partial charge on any atom is -0.354 e. The molecule has 1 aromatic rings. The van der Waals surface area contributed by atoms with E-state index in [0.717, 1.165) is 32.4 Å². The summed E-state index contributed by atoms with van der Waals surface area (Å²) in [6.07, 6.45) is 2.92. The highest BCUT2D eigenvalue weighted by atomic mass is 16.2. The smallest absolute Gasteiger partial charge is 0.321 e. The molecule has 0 aliphatic carbocycles. The van der Waals surface area contributed by atoms with Crippen molar-refractivity contribution < 1.29 is 24.5 Å². The van der Waals surface area contributed by atoms with Crippen LogP contribution in [0.5, 0.6) is 0 Å². The standard InChI is InChI=1S/C23H32N6O4/c30-20-18(7-4-10-25-20)27-21(31)19-15-28(23(33)26-17-5-2-1-3-6-17)13-14-29(19)22(32)16-8-11-24-12-9-16/h1-3,5-6,16,18-19,24H,4,7-15H2,(H,25,30)(H,26,33)(H,27,31)/p+1/t18-,19+/m0/s1. The fraction of sp³-hybridized carbons (Fsp3) is 0.565. The zero-order chi connectivity index (χ0) is 23.2. The van der Waals surface area contributed by atoms with E-state index in [1.165, 1.54) is 0 Å². The first-order valence-corrected chi connectivity index (χ1v) is 11.8. The van der Waals surface area contributed by atoms with Crippen molar-refractivity contribution in [2.45, 2.75) is 37.8 Å². The van der Waals surface area contributed by atoms with Crippen molar-refractivity contribution in [3.63, 3.8) is 0 Å². The Labute approximate surface area is 193 Å². The monoisotopic (exact) mass is 457 g/mol. The molecule has 5 amide bonds. The minimum absolute atomic E-state index is 0.0283. The highest BCUT2D eigenvalue weighted by Crippen LogP contribution is 2.20. The lowest BCUT2D eigenvalue weighted by atomic mass is 9.95. The van der Waals surface area contributed by atoms with Crippen LogP contribution < -0.4 is 21.3 Å². The van der Waals surface area contributed by atoms with Gasteiger partial charge in [0, 0.05) is 44.1 Å². The highest BCUT2D eigenvalue weighted by Gasteiger charge is 2.41. The van der Waals surface area contributed by atoms with Crippen molar-refractivity contribution in [1.29, 1.82) is 0 Å². The number of carbonyl (C=O) groups excluding carboxylic acids is 4. The maximum Gasteiger partial charge on any atom is 0.321 e. The molecule has 0 unspecified atom stereocenters. The molecule has 10 nitrogen and oxygen atoms in total. The third-order valence-electron chi connectivity index (χ3n) is 6.67. The van der Waals surface area contributed by atoms with Gasteiger partial charge >= 0.3 is 6.03 Å². The number of anilines is 1. The van der Waals surface area contributed by atoms with E-state index in [9.17, 15) is 19.2 Å². The number of nitrogens with two attached hydrogens (primary N) is 1. The molecule has 178 valence electrons. The molecule has 5 N–H and O–H groups in total. The Kier molecular flexibility index (Phi) is 7.43. The summed E-state index contributed by atoms with van der Waals surface area (Å²) in [6, 6.07) is 7.37. The molecule has 1 aromatic carbocycles. The predicted octanol–water partition coefficient (Wildman–Crippen LogP) is -0.900. The van der Waals surface area contributed by atoms with Gasteiger partial charge in [0.1, 0.15) is 12.1 Å². The lowest BCUT2D eigenvalue weighted by molar-refractivity contribution is -0.664. The van der Waals surface area contributed by atoms with Gasteiger partial charge in [-0.2, -0.15) is 0 Å². The number of nitrogens with zero attached hydrogens (tertiary/aromatic N) is 2. The average molecular weight is 458 g/mol. The Morgan fingerprint density at radius 2 is 1.79 bits per heavy atom. The van der Waals surface area contributed by atoms with Crippen molar-refractivity contribution in [2.75, 3.05) is 44.6 Å². The van der Waals surface area contributed by atoms with Crippen LogP contribution in [-0.2, 0) is 14.4 Å². The minimum atomic E-state index is -0.826. The van der Waals surface area contributed by atoms with Crippen molar-refractivity contribution in [2.24, 2.45) is 5.92 Å². The molecule has 0 radical (unpaired) electrons. The Morgan fingerprint density at radius 3 is 2.52 bits per heavy atom. The maximum absolute atomic E-state index is 13.3. The molecule has 3 heterocycles. The summed E-state index contributed by atoms with van der Waals surface area (Å²) < 4.78 is 0. The van der Waals surface area contributed by atoms with Crippen LogP contribution in [0, 0.1) is 5.92 Å². The summed E-state index contributed by atoms with van der Waals surface area (Å²) in [6.45, 7) is 3.12. The molecule has 3 aliphatic heterocycles. The van der Waals surface area contributed by atoms with Gasteiger partial charge in [0.25, 0.3) is 0 Å². The molecule has 2 atom stereocenters. The second-order valence-corrected chi connectivity index (χ2v) is 8.92. The van der Waals surface area contributed by atoms with Gasteiger partial charge < -0.3 is 31.1 Å². The van der Waals surface area contributed by atoms with Gasteiger partial charge in [-0.1, -0.05) is 18.2 Å². The topological polar surface area (TPSA) is 127 Å². The lowest BCUT2D eigenvalue weighted by Gasteiger charge is -2.42. The van der Waals surface area contributed by atoms with Crippen LogP contribution in [0.4, 0.5) is 10.5 Å². The number of hydrogen-bond acceptors (Lipinski definition) is 4. The number of carbonyl (C=O) groups is 4. The van der Waals surface area contributed by atoms with Crippen LogP contribution in [0.1, 0.15) is 25.7 Å². The molecule has 0 saturated carbocycles. The maximum atomic E-state index is 13.3. The summed E-state index contributed by atoms with van der Waals surface area (Å²) in [5, 5.41) is 10.6. The Balaban J connectivity index is 1.47. The molecule has 0 spiro atoms. The van der Waals surface area contributed by atoms with E-state index in [-0.39, 0.29) is 42.8 Å². The largest absolute Gasteiger partial charge is 0.354 e. The summed E-state index contributed by atoms with van der Waals surface area (Å²) in [5.74, 6) is -0.720. The van der Waals surface area contributed by atoms with E-state index in [4.69, 9.17) is 0 Å². The third kappa shape index (κ3) is 5.62. The van der Waals surface area contributed by atoms with E-state index >= 15 is 0 Å². The summed E-state index contributed by atoms with van der Waals surface area (Å²) in [4.78, 5) is 54.8. The summed E-state index contributed by atoms with van der Waals surface area (Å²) in [7, 11) is 0. The Bertz CT molecular complexity index is 873. The Hall–Kier alpha value is -3.14. The number of quaternary nitrogens is 1. The molecule has 0 aromatic heterocycles. The van der Waals surface area contributed by atoms with E-state index in [1.54, 1.807) is 21.9 Å². The molecule has 3 fully saturated rings.